The highest BCUT2D eigenvalue weighted by Crippen LogP contribution is 2.14. The monoisotopic (exact) mass is 285 g/mol. The van der Waals surface area contributed by atoms with Crippen molar-refractivity contribution in [3.63, 3.8) is 0 Å². The fourth-order valence-electron chi connectivity index (χ4n) is 1.82. The Hall–Kier alpha value is -2.47. The van der Waals surface area contributed by atoms with Crippen molar-refractivity contribution in [2.45, 2.75) is 26.3 Å². The topological polar surface area (TPSA) is 92.9 Å². The largest absolute Gasteiger partial charge is 0.347 e. The van der Waals surface area contributed by atoms with Crippen LogP contribution in [0.1, 0.15) is 41.4 Å². The second kappa shape index (κ2) is 6.81. The van der Waals surface area contributed by atoms with Crippen LogP contribution in [0.4, 0.5) is 5.82 Å². The lowest BCUT2D eigenvalue weighted by molar-refractivity contribution is 0.0945. The van der Waals surface area contributed by atoms with E-state index in [1.165, 1.54) is 5.56 Å². The molecule has 1 heterocycles. The maximum Gasteiger partial charge on any atom is 0.272 e. The number of rotatable bonds is 5. The Labute approximate surface area is 123 Å². The highest BCUT2D eigenvalue weighted by Gasteiger charge is 2.08. The van der Waals surface area contributed by atoms with Gasteiger partial charge in [-0.15, -0.1) is 10.2 Å². The van der Waals surface area contributed by atoms with Crippen LogP contribution in [0.3, 0.4) is 0 Å². The van der Waals surface area contributed by atoms with Gasteiger partial charge in [0.1, 0.15) is 0 Å². The summed E-state index contributed by atoms with van der Waals surface area (Å²) in [6.07, 6.45) is 0. The summed E-state index contributed by atoms with van der Waals surface area (Å²) in [6, 6.07) is 11.4. The number of amides is 1. The summed E-state index contributed by atoms with van der Waals surface area (Å²) in [4.78, 5) is 11.9. The summed E-state index contributed by atoms with van der Waals surface area (Å²) >= 11 is 0. The van der Waals surface area contributed by atoms with Gasteiger partial charge in [-0.1, -0.05) is 38.1 Å². The number of hydrogen-bond donors (Lipinski definition) is 3. The van der Waals surface area contributed by atoms with Gasteiger partial charge < -0.3 is 10.7 Å². The molecule has 0 fully saturated rings. The molecule has 4 N–H and O–H groups in total. The zero-order valence-electron chi connectivity index (χ0n) is 12.1. The van der Waals surface area contributed by atoms with Gasteiger partial charge in [-0.25, -0.2) is 5.84 Å². The predicted molar refractivity (Wildman–Crippen MR) is 81.5 cm³/mol. The molecule has 0 radical (unpaired) electrons. The number of nitrogens with one attached hydrogen (secondary N) is 2. The van der Waals surface area contributed by atoms with E-state index in [0.717, 1.165) is 5.56 Å². The van der Waals surface area contributed by atoms with E-state index in [9.17, 15) is 4.79 Å². The van der Waals surface area contributed by atoms with E-state index in [1.807, 2.05) is 12.1 Å². The van der Waals surface area contributed by atoms with Crippen molar-refractivity contribution in [2.75, 3.05) is 5.43 Å². The zero-order valence-corrected chi connectivity index (χ0v) is 12.1. The molecule has 0 aliphatic heterocycles. The molecule has 1 amide bonds. The number of hydrazine groups is 1. The molecule has 0 unspecified atom stereocenters. The summed E-state index contributed by atoms with van der Waals surface area (Å²) < 4.78 is 0. The first-order chi connectivity index (χ1) is 10.1. The number of nitrogens with two attached hydrogens (primary N) is 1. The molecule has 110 valence electrons. The number of benzene rings is 1. The number of nitrogens with zero attached hydrogens (tertiary/aromatic N) is 2. The molecule has 2 rings (SSSR count). The molecule has 6 heteroatoms. The fourth-order valence-corrected chi connectivity index (χ4v) is 1.82. The normalized spacial score (nSPS) is 10.5. The first-order valence-corrected chi connectivity index (χ1v) is 6.77. The van der Waals surface area contributed by atoms with Crippen LogP contribution in [-0.2, 0) is 6.54 Å². The van der Waals surface area contributed by atoms with Gasteiger partial charge in [0.15, 0.2) is 11.5 Å². The Balaban J connectivity index is 1.93. The Morgan fingerprint density at radius 3 is 2.38 bits per heavy atom. The molecular weight excluding hydrogens is 266 g/mol. The minimum Gasteiger partial charge on any atom is -0.347 e. The summed E-state index contributed by atoms with van der Waals surface area (Å²) in [5.41, 5.74) is 4.94. The highest BCUT2D eigenvalue weighted by atomic mass is 16.1. The Kier molecular flexibility index (Phi) is 4.84. The third kappa shape index (κ3) is 4.00. The van der Waals surface area contributed by atoms with Crippen LogP contribution in [0.2, 0.25) is 0 Å². The van der Waals surface area contributed by atoms with E-state index < -0.39 is 0 Å². The number of aromatic nitrogens is 2. The van der Waals surface area contributed by atoms with Crippen molar-refractivity contribution >= 4 is 11.7 Å². The quantitative estimate of drug-likeness (QED) is 0.575. The van der Waals surface area contributed by atoms with Crippen molar-refractivity contribution < 1.29 is 4.79 Å². The van der Waals surface area contributed by atoms with E-state index in [2.05, 4.69) is 46.9 Å². The molecule has 0 atom stereocenters. The SMILES string of the molecule is CC(C)c1ccc(CNC(=O)c2ccc(NN)nn2)cc1. The van der Waals surface area contributed by atoms with Gasteiger partial charge in [0.2, 0.25) is 0 Å². The highest BCUT2D eigenvalue weighted by molar-refractivity contribution is 5.92. The Bertz CT molecular complexity index is 592. The molecule has 1 aromatic heterocycles. The summed E-state index contributed by atoms with van der Waals surface area (Å²) in [5, 5.41) is 10.4. The van der Waals surface area contributed by atoms with E-state index >= 15 is 0 Å². The van der Waals surface area contributed by atoms with Gasteiger partial charge in [-0.05, 0) is 29.2 Å². The Morgan fingerprint density at radius 2 is 1.86 bits per heavy atom. The average Bonchev–Trinajstić information content (AvgIpc) is 2.53. The third-order valence-corrected chi connectivity index (χ3v) is 3.14. The number of carbonyl (C=O) groups excluding carboxylic acids is 1. The molecule has 0 bridgehead atoms. The molecule has 1 aromatic carbocycles. The molecule has 0 spiro atoms. The van der Waals surface area contributed by atoms with Gasteiger partial charge in [-0.3, -0.25) is 4.79 Å². The number of nitrogen functional groups attached to an aromatic ring is 1. The molecule has 2 aromatic rings. The van der Waals surface area contributed by atoms with Crippen LogP contribution < -0.4 is 16.6 Å². The van der Waals surface area contributed by atoms with E-state index in [0.29, 0.717) is 18.3 Å². The number of carbonyl (C=O) groups is 1. The van der Waals surface area contributed by atoms with Gasteiger partial charge in [-0.2, -0.15) is 0 Å². The van der Waals surface area contributed by atoms with Crippen molar-refractivity contribution in [2.24, 2.45) is 5.84 Å². The maximum atomic E-state index is 11.9. The molecular formula is C15H19N5O. The van der Waals surface area contributed by atoms with Crippen LogP contribution in [0.15, 0.2) is 36.4 Å². The van der Waals surface area contributed by atoms with E-state index in [1.54, 1.807) is 12.1 Å². The molecule has 0 saturated carbocycles. The van der Waals surface area contributed by atoms with Crippen LogP contribution >= 0.6 is 0 Å². The first kappa shape index (κ1) is 14.9. The molecule has 0 aliphatic carbocycles. The second-order valence-electron chi connectivity index (χ2n) is 5.03. The van der Waals surface area contributed by atoms with Crippen molar-refractivity contribution in [1.29, 1.82) is 0 Å². The van der Waals surface area contributed by atoms with Crippen molar-refractivity contribution in [1.82, 2.24) is 15.5 Å². The lowest BCUT2D eigenvalue weighted by Gasteiger charge is -2.08. The standard InChI is InChI=1S/C15H19N5O/c1-10(2)12-5-3-11(4-6-12)9-17-15(21)13-7-8-14(18-16)20-19-13/h3-8,10H,9,16H2,1-2H3,(H,17,21)(H,18,20). The van der Waals surface area contributed by atoms with Crippen LogP contribution in [0.5, 0.6) is 0 Å². The molecule has 0 aliphatic rings. The van der Waals surface area contributed by atoms with Gasteiger partial charge >= 0.3 is 0 Å². The van der Waals surface area contributed by atoms with Crippen LogP contribution in [0, 0.1) is 0 Å². The second-order valence-corrected chi connectivity index (χ2v) is 5.03. The molecule has 0 saturated heterocycles. The number of hydrogen-bond acceptors (Lipinski definition) is 5. The molecule has 6 nitrogen and oxygen atoms in total. The fraction of sp³-hybridized carbons (Fsp3) is 0.267. The maximum absolute atomic E-state index is 11.9. The minimum absolute atomic E-state index is 0.257. The lowest BCUT2D eigenvalue weighted by Crippen LogP contribution is -2.24. The zero-order chi connectivity index (χ0) is 15.2. The summed E-state index contributed by atoms with van der Waals surface area (Å²) in [7, 11) is 0. The number of anilines is 1. The first-order valence-electron chi connectivity index (χ1n) is 6.77. The van der Waals surface area contributed by atoms with Crippen LogP contribution in [0.25, 0.3) is 0 Å². The van der Waals surface area contributed by atoms with E-state index in [-0.39, 0.29) is 11.6 Å². The van der Waals surface area contributed by atoms with Gasteiger partial charge in [0.05, 0.1) is 0 Å². The van der Waals surface area contributed by atoms with E-state index in [4.69, 9.17) is 5.84 Å². The lowest BCUT2D eigenvalue weighted by atomic mass is 10.0. The van der Waals surface area contributed by atoms with Crippen LogP contribution in [-0.4, -0.2) is 16.1 Å². The van der Waals surface area contributed by atoms with Crippen molar-refractivity contribution in [3.05, 3.63) is 53.2 Å². The molecule has 21 heavy (non-hydrogen) atoms. The Morgan fingerprint density at radius 1 is 1.14 bits per heavy atom. The summed E-state index contributed by atoms with van der Waals surface area (Å²) in [6.45, 7) is 4.75. The smallest absolute Gasteiger partial charge is 0.272 e. The predicted octanol–water partition coefficient (Wildman–Crippen LogP) is 1.82. The van der Waals surface area contributed by atoms with Gasteiger partial charge in [0.25, 0.3) is 5.91 Å². The average molecular weight is 285 g/mol. The summed E-state index contributed by atoms with van der Waals surface area (Å²) in [5.74, 6) is 5.84. The minimum atomic E-state index is -0.265. The van der Waals surface area contributed by atoms with Gasteiger partial charge in [0, 0.05) is 6.54 Å². The van der Waals surface area contributed by atoms with Crippen molar-refractivity contribution in [3.8, 4) is 0 Å². The third-order valence-electron chi connectivity index (χ3n) is 3.14.